The molecule has 2 rings (SSSR count). The van der Waals surface area contributed by atoms with Crippen molar-refractivity contribution >= 4 is 11.4 Å². The number of ether oxygens (including phenoxy) is 1. The van der Waals surface area contributed by atoms with Crippen LogP contribution < -0.4 is 15.8 Å². The third-order valence-electron chi connectivity index (χ3n) is 3.19. The van der Waals surface area contributed by atoms with E-state index < -0.39 is 0 Å². The maximum absolute atomic E-state index is 5.81. The van der Waals surface area contributed by atoms with Crippen LogP contribution in [0.25, 0.3) is 0 Å². The molecule has 0 aliphatic rings. The molecular weight excluding hydrogens is 236 g/mol. The van der Waals surface area contributed by atoms with Crippen molar-refractivity contribution in [3.8, 4) is 5.75 Å². The summed E-state index contributed by atoms with van der Waals surface area (Å²) in [5, 5.41) is 3.44. The molecule has 0 amide bonds. The van der Waals surface area contributed by atoms with E-state index in [1.165, 1.54) is 11.1 Å². The number of rotatable bonds is 4. The fourth-order valence-corrected chi connectivity index (χ4v) is 1.99. The van der Waals surface area contributed by atoms with Gasteiger partial charge in [0, 0.05) is 17.8 Å². The molecule has 3 nitrogen and oxygen atoms in total. The summed E-state index contributed by atoms with van der Waals surface area (Å²) in [5.74, 6) is 0.695. The topological polar surface area (TPSA) is 47.3 Å². The van der Waals surface area contributed by atoms with Gasteiger partial charge in [-0.3, -0.25) is 0 Å². The van der Waals surface area contributed by atoms with Crippen LogP contribution in [0.3, 0.4) is 0 Å². The smallest absolute Gasteiger partial charge is 0.143 e. The molecule has 0 radical (unpaired) electrons. The molecule has 0 saturated heterocycles. The van der Waals surface area contributed by atoms with Gasteiger partial charge in [0.1, 0.15) is 5.75 Å². The number of nitrogens with two attached hydrogens (primary N) is 1. The van der Waals surface area contributed by atoms with Gasteiger partial charge in [-0.1, -0.05) is 29.8 Å². The number of nitrogens with one attached hydrogen (secondary N) is 1. The number of nitrogen functional groups attached to an aromatic ring is 1. The molecule has 19 heavy (non-hydrogen) atoms. The van der Waals surface area contributed by atoms with Crippen LogP contribution >= 0.6 is 0 Å². The van der Waals surface area contributed by atoms with Crippen LogP contribution in [0.15, 0.2) is 42.5 Å². The Morgan fingerprint density at radius 2 is 1.79 bits per heavy atom. The van der Waals surface area contributed by atoms with E-state index in [1.807, 2.05) is 18.2 Å². The van der Waals surface area contributed by atoms with Gasteiger partial charge in [0.05, 0.1) is 12.8 Å². The van der Waals surface area contributed by atoms with Crippen molar-refractivity contribution in [2.75, 3.05) is 18.2 Å². The molecule has 2 aromatic carbocycles. The summed E-state index contributed by atoms with van der Waals surface area (Å²) < 4.78 is 5.22. The maximum Gasteiger partial charge on any atom is 0.143 e. The molecule has 0 fully saturated rings. The van der Waals surface area contributed by atoms with Crippen molar-refractivity contribution in [3.05, 3.63) is 53.6 Å². The fourth-order valence-electron chi connectivity index (χ4n) is 1.99. The normalized spacial score (nSPS) is 11.9. The third-order valence-corrected chi connectivity index (χ3v) is 3.19. The first-order valence-electron chi connectivity index (χ1n) is 6.37. The molecule has 0 heterocycles. The Balaban J connectivity index is 2.14. The van der Waals surface area contributed by atoms with Crippen LogP contribution in [0, 0.1) is 6.92 Å². The first-order valence-corrected chi connectivity index (χ1v) is 6.37. The van der Waals surface area contributed by atoms with Crippen LogP contribution in [0.1, 0.15) is 24.1 Å². The summed E-state index contributed by atoms with van der Waals surface area (Å²) in [6.45, 7) is 4.22. The highest BCUT2D eigenvalue weighted by Gasteiger charge is 2.06. The van der Waals surface area contributed by atoms with Gasteiger partial charge in [0.2, 0.25) is 0 Å². The van der Waals surface area contributed by atoms with Crippen molar-refractivity contribution < 1.29 is 4.74 Å². The van der Waals surface area contributed by atoms with Crippen molar-refractivity contribution in [1.82, 2.24) is 0 Å². The average Bonchev–Trinajstić information content (AvgIpc) is 2.41. The number of aryl methyl sites for hydroxylation is 1. The summed E-state index contributed by atoms with van der Waals surface area (Å²) in [6.07, 6.45) is 0. The van der Waals surface area contributed by atoms with E-state index >= 15 is 0 Å². The molecule has 0 aliphatic heterocycles. The van der Waals surface area contributed by atoms with E-state index in [1.54, 1.807) is 7.11 Å². The second kappa shape index (κ2) is 5.65. The number of hydrogen-bond acceptors (Lipinski definition) is 3. The van der Waals surface area contributed by atoms with Crippen molar-refractivity contribution in [1.29, 1.82) is 0 Å². The van der Waals surface area contributed by atoms with Gasteiger partial charge in [-0.05, 0) is 31.5 Å². The van der Waals surface area contributed by atoms with Crippen molar-refractivity contribution in [2.45, 2.75) is 19.9 Å². The third kappa shape index (κ3) is 3.19. The van der Waals surface area contributed by atoms with E-state index in [9.17, 15) is 0 Å². The lowest BCUT2D eigenvalue weighted by molar-refractivity contribution is 0.417. The summed E-state index contributed by atoms with van der Waals surface area (Å²) in [5.41, 5.74) is 9.97. The molecule has 3 heteroatoms. The molecule has 3 N–H and O–H groups in total. The predicted octanol–water partition coefficient (Wildman–Crippen LogP) is 3.76. The Bertz CT molecular complexity index is 549. The highest BCUT2D eigenvalue weighted by atomic mass is 16.5. The molecular formula is C16H20N2O. The molecule has 100 valence electrons. The van der Waals surface area contributed by atoms with E-state index in [2.05, 4.69) is 43.4 Å². The number of benzene rings is 2. The summed E-state index contributed by atoms with van der Waals surface area (Å²) >= 11 is 0. The molecule has 0 spiro atoms. The van der Waals surface area contributed by atoms with Crippen LogP contribution in [0.2, 0.25) is 0 Å². The molecule has 2 aromatic rings. The molecule has 0 aliphatic carbocycles. The standard InChI is InChI=1S/C16H20N2O/c1-11-4-6-13(7-5-11)12(2)18-14-8-9-15(17)16(10-14)19-3/h4-10,12,18H,17H2,1-3H3. The number of hydrogen-bond donors (Lipinski definition) is 2. The molecule has 1 unspecified atom stereocenters. The first-order chi connectivity index (χ1) is 9.10. The summed E-state index contributed by atoms with van der Waals surface area (Å²) in [4.78, 5) is 0. The number of anilines is 2. The van der Waals surface area contributed by atoms with Gasteiger partial charge < -0.3 is 15.8 Å². The lowest BCUT2D eigenvalue weighted by atomic mass is 10.1. The van der Waals surface area contributed by atoms with E-state index in [0.29, 0.717) is 11.4 Å². The number of methoxy groups -OCH3 is 1. The molecule has 1 atom stereocenters. The minimum absolute atomic E-state index is 0.230. The average molecular weight is 256 g/mol. The maximum atomic E-state index is 5.81. The summed E-state index contributed by atoms with van der Waals surface area (Å²) in [7, 11) is 1.62. The van der Waals surface area contributed by atoms with Crippen LogP contribution in [0.4, 0.5) is 11.4 Å². The zero-order valence-corrected chi connectivity index (χ0v) is 11.6. The molecule has 0 aromatic heterocycles. The van der Waals surface area contributed by atoms with E-state index in [-0.39, 0.29) is 6.04 Å². The predicted molar refractivity (Wildman–Crippen MR) is 80.6 cm³/mol. The van der Waals surface area contributed by atoms with Gasteiger partial charge in [0.25, 0.3) is 0 Å². The van der Waals surface area contributed by atoms with Gasteiger partial charge in [0.15, 0.2) is 0 Å². The zero-order valence-electron chi connectivity index (χ0n) is 11.6. The minimum atomic E-state index is 0.230. The Kier molecular flexibility index (Phi) is 3.95. The van der Waals surface area contributed by atoms with Crippen molar-refractivity contribution in [2.24, 2.45) is 0 Å². The minimum Gasteiger partial charge on any atom is -0.495 e. The van der Waals surface area contributed by atoms with Crippen molar-refractivity contribution in [3.63, 3.8) is 0 Å². The highest BCUT2D eigenvalue weighted by molar-refractivity contribution is 5.61. The largest absolute Gasteiger partial charge is 0.495 e. The lowest BCUT2D eigenvalue weighted by Gasteiger charge is -2.17. The monoisotopic (exact) mass is 256 g/mol. The highest BCUT2D eigenvalue weighted by Crippen LogP contribution is 2.27. The zero-order chi connectivity index (χ0) is 13.8. The Hall–Kier alpha value is -2.16. The lowest BCUT2D eigenvalue weighted by Crippen LogP contribution is -2.07. The van der Waals surface area contributed by atoms with Gasteiger partial charge in [-0.2, -0.15) is 0 Å². The van der Waals surface area contributed by atoms with Crippen LogP contribution in [0.5, 0.6) is 5.75 Å². The quantitative estimate of drug-likeness (QED) is 0.819. The Morgan fingerprint density at radius 1 is 1.11 bits per heavy atom. The second-order valence-corrected chi connectivity index (χ2v) is 4.73. The fraction of sp³-hybridized carbons (Fsp3) is 0.250. The first kappa shape index (κ1) is 13.3. The van der Waals surface area contributed by atoms with E-state index in [0.717, 1.165) is 5.69 Å². The van der Waals surface area contributed by atoms with Crippen LogP contribution in [-0.4, -0.2) is 7.11 Å². The van der Waals surface area contributed by atoms with Gasteiger partial charge >= 0.3 is 0 Å². The van der Waals surface area contributed by atoms with Crippen LogP contribution in [-0.2, 0) is 0 Å². The SMILES string of the molecule is COc1cc(NC(C)c2ccc(C)cc2)ccc1N. The molecule has 0 bridgehead atoms. The van der Waals surface area contributed by atoms with Gasteiger partial charge in [-0.25, -0.2) is 0 Å². The Morgan fingerprint density at radius 3 is 2.42 bits per heavy atom. The summed E-state index contributed by atoms with van der Waals surface area (Å²) in [6, 6.07) is 14.5. The Labute approximate surface area is 114 Å². The van der Waals surface area contributed by atoms with Gasteiger partial charge in [-0.15, -0.1) is 0 Å². The second-order valence-electron chi connectivity index (χ2n) is 4.73. The molecule has 0 saturated carbocycles. The van der Waals surface area contributed by atoms with E-state index in [4.69, 9.17) is 10.5 Å².